The Morgan fingerprint density at radius 3 is 2.42 bits per heavy atom. The maximum absolute atomic E-state index is 12.3. The van der Waals surface area contributed by atoms with Gasteiger partial charge in [-0.3, -0.25) is 4.79 Å². The number of nitrogens with one attached hydrogen (secondary N) is 1. The lowest BCUT2D eigenvalue weighted by molar-refractivity contribution is -0.121. The Labute approximate surface area is 195 Å². The normalized spacial score (nSPS) is 16.7. The highest BCUT2D eigenvalue weighted by atomic mass is 16.5. The van der Waals surface area contributed by atoms with E-state index in [0.717, 1.165) is 42.5 Å². The third-order valence-electron chi connectivity index (χ3n) is 6.53. The van der Waals surface area contributed by atoms with Crippen LogP contribution in [-0.4, -0.2) is 35.6 Å². The van der Waals surface area contributed by atoms with E-state index in [4.69, 9.17) is 4.74 Å². The van der Waals surface area contributed by atoms with Gasteiger partial charge >= 0.3 is 0 Å². The second kappa shape index (κ2) is 9.61. The van der Waals surface area contributed by atoms with E-state index in [1.165, 1.54) is 30.4 Å². The van der Waals surface area contributed by atoms with Crippen LogP contribution in [0.1, 0.15) is 48.4 Å². The molecule has 33 heavy (non-hydrogen) atoms. The van der Waals surface area contributed by atoms with Crippen molar-refractivity contribution < 1.29 is 9.53 Å². The standard InChI is InChI=1S/C27H30N4O2/c1-19(30-27(32)12-21-13-28-18-29-14-21)22-4-6-23(7-5-22)24-15-31(16-24)25-8-10-26(11-9-25)33-17-20-2-3-20/h4-11,13-14,18-20,24H,2-3,12,15-17H2,1H3,(H,30,32)/t19-/m0/s1. The molecule has 1 N–H and O–H groups in total. The summed E-state index contributed by atoms with van der Waals surface area (Å²) >= 11 is 0. The largest absolute Gasteiger partial charge is 0.493 e. The zero-order valence-electron chi connectivity index (χ0n) is 19.0. The lowest BCUT2D eigenvalue weighted by Crippen LogP contribution is -2.45. The maximum Gasteiger partial charge on any atom is 0.225 e. The zero-order valence-corrected chi connectivity index (χ0v) is 19.0. The SMILES string of the molecule is C[C@H](NC(=O)Cc1cncnc1)c1ccc(C2CN(c3ccc(OCC4CC4)cc3)C2)cc1. The number of hydrogen-bond donors (Lipinski definition) is 1. The average Bonchev–Trinajstić information content (AvgIpc) is 3.63. The number of carbonyl (C=O) groups is 1. The Morgan fingerprint density at radius 2 is 1.76 bits per heavy atom. The summed E-state index contributed by atoms with van der Waals surface area (Å²) in [5.74, 6) is 2.25. The first kappa shape index (κ1) is 21.4. The molecule has 2 aliphatic rings. The molecular formula is C27H30N4O2. The Morgan fingerprint density at radius 1 is 1.06 bits per heavy atom. The van der Waals surface area contributed by atoms with Gasteiger partial charge in [-0.1, -0.05) is 24.3 Å². The Bertz CT molecular complexity index is 1060. The molecule has 1 aliphatic carbocycles. The second-order valence-corrected chi connectivity index (χ2v) is 9.23. The topological polar surface area (TPSA) is 67.4 Å². The van der Waals surface area contributed by atoms with Crippen LogP contribution in [0.5, 0.6) is 5.75 Å². The van der Waals surface area contributed by atoms with Gasteiger partial charge in [-0.15, -0.1) is 0 Å². The molecule has 2 aromatic carbocycles. The van der Waals surface area contributed by atoms with Crippen molar-refractivity contribution in [2.24, 2.45) is 5.92 Å². The highest BCUT2D eigenvalue weighted by Crippen LogP contribution is 2.34. The van der Waals surface area contributed by atoms with E-state index in [2.05, 4.69) is 68.7 Å². The number of carbonyl (C=O) groups excluding carboxylic acids is 1. The van der Waals surface area contributed by atoms with Crippen LogP contribution >= 0.6 is 0 Å². The van der Waals surface area contributed by atoms with Gasteiger partial charge in [0, 0.05) is 37.1 Å². The highest BCUT2D eigenvalue weighted by Gasteiger charge is 2.28. The van der Waals surface area contributed by atoms with E-state index in [1.807, 2.05) is 6.92 Å². The Kier molecular flexibility index (Phi) is 6.24. The van der Waals surface area contributed by atoms with Crippen molar-refractivity contribution in [3.8, 4) is 5.75 Å². The first-order valence-electron chi connectivity index (χ1n) is 11.7. The smallest absolute Gasteiger partial charge is 0.225 e. The molecule has 2 fully saturated rings. The van der Waals surface area contributed by atoms with Gasteiger partial charge in [-0.05, 0) is 66.6 Å². The number of hydrogen-bond acceptors (Lipinski definition) is 5. The minimum Gasteiger partial charge on any atom is -0.493 e. The van der Waals surface area contributed by atoms with Gasteiger partial charge in [0.1, 0.15) is 12.1 Å². The third kappa shape index (κ3) is 5.51. The van der Waals surface area contributed by atoms with Gasteiger partial charge in [0.05, 0.1) is 19.1 Å². The molecule has 2 heterocycles. The molecule has 5 rings (SSSR count). The molecule has 170 valence electrons. The Balaban J connectivity index is 1.09. The van der Waals surface area contributed by atoms with Crippen LogP contribution in [0.4, 0.5) is 5.69 Å². The summed E-state index contributed by atoms with van der Waals surface area (Å²) in [7, 11) is 0. The molecule has 6 heteroatoms. The van der Waals surface area contributed by atoms with Crippen molar-refractivity contribution in [3.63, 3.8) is 0 Å². The minimum absolute atomic E-state index is 0.0278. The van der Waals surface area contributed by atoms with Crippen molar-refractivity contribution >= 4 is 11.6 Å². The summed E-state index contributed by atoms with van der Waals surface area (Å²) in [6.07, 6.45) is 7.72. The molecule has 0 unspecified atom stereocenters. The van der Waals surface area contributed by atoms with Crippen molar-refractivity contribution in [1.29, 1.82) is 0 Å². The number of benzene rings is 2. The molecule has 6 nitrogen and oxygen atoms in total. The summed E-state index contributed by atoms with van der Waals surface area (Å²) in [4.78, 5) is 22.6. The summed E-state index contributed by atoms with van der Waals surface area (Å²) in [6.45, 7) is 4.91. The van der Waals surface area contributed by atoms with Gasteiger partial charge in [0.25, 0.3) is 0 Å². The third-order valence-corrected chi connectivity index (χ3v) is 6.53. The average molecular weight is 443 g/mol. The molecule has 3 aromatic rings. The van der Waals surface area contributed by atoms with E-state index in [9.17, 15) is 4.79 Å². The second-order valence-electron chi connectivity index (χ2n) is 9.23. The molecule has 1 amide bonds. The fourth-order valence-electron chi connectivity index (χ4n) is 4.19. The lowest BCUT2D eigenvalue weighted by atomic mass is 9.90. The van der Waals surface area contributed by atoms with E-state index < -0.39 is 0 Å². The van der Waals surface area contributed by atoms with Crippen LogP contribution in [0, 0.1) is 5.92 Å². The van der Waals surface area contributed by atoms with E-state index in [1.54, 1.807) is 12.4 Å². The molecule has 0 bridgehead atoms. The quantitative estimate of drug-likeness (QED) is 0.536. The van der Waals surface area contributed by atoms with Crippen molar-refractivity contribution in [1.82, 2.24) is 15.3 Å². The number of ether oxygens (including phenoxy) is 1. The van der Waals surface area contributed by atoms with Gasteiger partial charge in [0.15, 0.2) is 0 Å². The monoisotopic (exact) mass is 442 g/mol. The summed E-state index contributed by atoms with van der Waals surface area (Å²) < 4.78 is 5.84. The lowest BCUT2D eigenvalue weighted by Gasteiger charge is -2.41. The molecular weight excluding hydrogens is 412 g/mol. The van der Waals surface area contributed by atoms with Crippen LogP contribution in [0.25, 0.3) is 0 Å². The summed E-state index contributed by atoms with van der Waals surface area (Å²) in [5, 5.41) is 3.06. The number of rotatable bonds is 9. The van der Waals surface area contributed by atoms with Crippen molar-refractivity contribution in [3.05, 3.63) is 83.9 Å². The molecule has 1 saturated heterocycles. The van der Waals surface area contributed by atoms with Crippen LogP contribution in [0.15, 0.2) is 67.3 Å². The fourth-order valence-corrected chi connectivity index (χ4v) is 4.19. The Hall–Kier alpha value is -3.41. The van der Waals surface area contributed by atoms with Gasteiger partial charge in [-0.2, -0.15) is 0 Å². The molecule has 1 saturated carbocycles. The molecule has 1 aromatic heterocycles. The number of nitrogens with zero attached hydrogens (tertiary/aromatic N) is 3. The zero-order chi connectivity index (χ0) is 22.6. The van der Waals surface area contributed by atoms with Crippen LogP contribution in [0.2, 0.25) is 0 Å². The predicted molar refractivity (Wildman–Crippen MR) is 128 cm³/mol. The first-order chi connectivity index (χ1) is 16.1. The van der Waals surface area contributed by atoms with Crippen molar-refractivity contribution in [2.45, 2.75) is 38.1 Å². The highest BCUT2D eigenvalue weighted by molar-refractivity contribution is 5.78. The number of aromatic nitrogens is 2. The van der Waals surface area contributed by atoms with E-state index in [-0.39, 0.29) is 18.4 Å². The van der Waals surface area contributed by atoms with Crippen molar-refractivity contribution in [2.75, 3.05) is 24.6 Å². The van der Waals surface area contributed by atoms with Crippen LogP contribution in [0.3, 0.4) is 0 Å². The molecule has 0 radical (unpaired) electrons. The summed E-state index contributed by atoms with van der Waals surface area (Å²) in [5.41, 5.74) is 4.52. The molecule has 0 spiro atoms. The van der Waals surface area contributed by atoms with E-state index >= 15 is 0 Å². The predicted octanol–water partition coefficient (Wildman–Crippen LogP) is 4.29. The molecule has 1 aliphatic heterocycles. The fraction of sp³-hybridized carbons (Fsp3) is 0.370. The molecule has 1 atom stereocenters. The van der Waals surface area contributed by atoms with Crippen LogP contribution < -0.4 is 15.0 Å². The van der Waals surface area contributed by atoms with Crippen LogP contribution in [-0.2, 0) is 11.2 Å². The number of anilines is 1. The van der Waals surface area contributed by atoms with E-state index in [0.29, 0.717) is 5.92 Å². The van der Waals surface area contributed by atoms with Gasteiger partial charge in [-0.25, -0.2) is 9.97 Å². The minimum atomic E-state index is -0.0466. The van der Waals surface area contributed by atoms with Gasteiger partial charge in [0.2, 0.25) is 5.91 Å². The summed E-state index contributed by atoms with van der Waals surface area (Å²) in [6, 6.07) is 17.1. The number of amides is 1. The first-order valence-corrected chi connectivity index (χ1v) is 11.7. The maximum atomic E-state index is 12.3. The van der Waals surface area contributed by atoms with Gasteiger partial charge < -0.3 is 15.0 Å².